The smallest absolute Gasteiger partial charge is 0.220 e. The second-order valence-corrected chi connectivity index (χ2v) is 7.22. The van der Waals surface area contributed by atoms with Crippen LogP contribution in [0.1, 0.15) is 54.0 Å². The van der Waals surface area contributed by atoms with Gasteiger partial charge in [0.1, 0.15) is 17.7 Å². The maximum Gasteiger partial charge on any atom is 0.220 e. The van der Waals surface area contributed by atoms with Crippen molar-refractivity contribution in [3.8, 4) is 5.75 Å². The predicted octanol–water partition coefficient (Wildman–Crippen LogP) is 7.65. The van der Waals surface area contributed by atoms with Gasteiger partial charge in [-0.1, -0.05) is 37.0 Å². The van der Waals surface area contributed by atoms with Crippen LogP contribution in [-0.4, -0.2) is 18.7 Å². The Labute approximate surface area is 197 Å². The van der Waals surface area contributed by atoms with Crippen LogP contribution in [0, 0.1) is 5.82 Å². The van der Waals surface area contributed by atoms with Crippen LogP contribution in [0.5, 0.6) is 5.75 Å². The van der Waals surface area contributed by atoms with Crippen molar-refractivity contribution < 1.29 is 18.3 Å². The third-order valence-corrected chi connectivity index (χ3v) is 4.23. The first-order valence-electron chi connectivity index (χ1n) is 10.9. The number of hydrogen-bond acceptors (Lipinski definition) is 2. The van der Waals surface area contributed by atoms with Crippen LogP contribution in [0.25, 0.3) is 5.57 Å². The summed E-state index contributed by atoms with van der Waals surface area (Å²) in [6.07, 6.45) is 11.8. The normalized spacial score (nSPS) is 13.8. The summed E-state index contributed by atoms with van der Waals surface area (Å²) in [5.74, 6) is 0.0149. The van der Waals surface area contributed by atoms with E-state index < -0.39 is 6.17 Å². The van der Waals surface area contributed by atoms with Crippen molar-refractivity contribution in [3.63, 3.8) is 0 Å². The molecule has 5 heteroatoms. The zero-order valence-electron chi connectivity index (χ0n) is 20.8. The lowest BCUT2D eigenvalue weighted by Crippen LogP contribution is -2.17. The highest BCUT2D eigenvalue weighted by Crippen LogP contribution is 2.33. The molecular weight excluding hydrogens is 420 g/mol. The van der Waals surface area contributed by atoms with Crippen molar-refractivity contribution in [1.29, 1.82) is 0 Å². The van der Waals surface area contributed by atoms with E-state index >= 15 is 0 Å². The number of halogens is 2. The zero-order chi connectivity index (χ0) is 25.4. The van der Waals surface area contributed by atoms with Crippen molar-refractivity contribution in [1.82, 2.24) is 5.32 Å². The van der Waals surface area contributed by atoms with E-state index in [0.717, 1.165) is 22.3 Å². The molecule has 1 aromatic carbocycles. The van der Waals surface area contributed by atoms with Gasteiger partial charge in [0.2, 0.25) is 5.91 Å². The standard InChI is InChI=1S/C23H28FNO2.C5H9F/c1-7-10-19(13-17(5)25-18(6)26)14-22(16(4)8-2)21-12-11-20(24)15-23(21)27-9-3;1-3-4-5(2)6/h7-8,10-15H,1,9H2,2-6H3,(H,25,26);3-5H,1-2H3/b16-8+,17-13+,19-10+,22-14+;4-3-. The molecule has 0 fully saturated rings. The fourth-order valence-corrected chi connectivity index (χ4v) is 2.82. The van der Waals surface area contributed by atoms with Gasteiger partial charge in [0.15, 0.2) is 0 Å². The van der Waals surface area contributed by atoms with Crippen molar-refractivity contribution in [2.45, 2.75) is 54.6 Å². The summed E-state index contributed by atoms with van der Waals surface area (Å²) in [4.78, 5) is 11.3. The number of benzene rings is 1. The maximum atomic E-state index is 13.7. The van der Waals surface area contributed by atoms with E-state index in [0.29, 0.717) is 18.1 Å². The molecule has 0 saturated carbocycles. The van der Waals surface area contributed by atoms with Crippen molar-refractivity contribution in [3.05, 3.63) is 95.5 Å². The van der Waals surface area contributed by atoms with Crippen molar-refractivity contribution in [2.24, 2.45) is 0 Å². The molecule has 3 nitrogen and oxygen atoms in total. The average molecular weight is 458 g/mol. The lowest BCUT2D eigenvalue weighted by molar-refractivity contribution is -0.118. The van der Waals surface area contributed by atoms with Gasteiger partial charge in [-0.3, -0.25) is 4.79 Å². The Morgan fingerprint density at radius 3 is 2.33 bits per heavy atom. The van der Waals surface area contributed by atoms with Crippen LogP contribution in [-0.2, 0) is 4.79 Å². The highest BCUT2D eigenvalue weighted by molar-refractivity contribution is 5.84. The first kappa shape index (κ1) is 29.8. The SMILES string of the molecule is C/C=C\C(C)F.C=C/C=C(\C=C(/C)NC(C)=O)/C=C(\C(C)=C\C)c1ccc(F)cc1OCC. The molecule has 0 aliphatic heterocycles. The van der Waals surface area contributed by atoms with E-state index in [9.17, 15) is 13.6 Å². The molecule has 1 aromatic rings. The molecule has 180 valence electrons. The number of nitrogens with one attached hydrogen (secondary N) is 1. The minimum atomic E-state index is -0.782. The Balaban J connectivity index is 0.00000150. The molecule has 0 heterocycles. The van der Waals surface area contributed by atoms with Gasteiger partial charge in [-0.15, -0.1) is 0 Å². The van der Waals surface area contributed by atoms with E-state index in [1.165, 1.54) is 32.1 Å². The van der Waals surface area contributed by atoms with E-state index in [4.69, 9.17) is 4.74 Å². The first-order valence-corrected chi connectivity index (χ1v) is 10.9. The summed E-state index contributed by atoms with van der Waals surface area (Å²) in [5, 5.41) is 2.76. The molecule has 0 bridgehead atoms. The van der Waals surface area contributed by atoms with E-state index in [1.807, 2.05) is 52.0 Å². The molecule has 0 spiro atoms. The molecule has 1 amide bonds. The number of alkyl halides is 1. The Morgan fingerprint density at radius 2 is 1.88 bits per heavy atom. The summed E-state index contributed by atoms with van der Waals surface area (Å²) in [6.45, 7) is 16.6. The van der Waals surface area contributed by atoms with Crippen LogP contribution < -0.4 is 10.1 Å². The van der Waals surface area contributed by atoms with Crippen LogP contribution in [0.3, 0.4) is 0 Å². The van der Waals surface area contributed by atoms with Gasteiger partial charge in [-0.25, -0.2) is 8.78 Å². The topological polar surface area (TPSA) is 38.3 Å². The number of rotatable bonds is 9. The van der Waals surface area contributed by atoms with Crippen LogP contribution in [0.2, 0.25) is 0 Å². The fourth-order valence-electron chi connectivity index (χ4n) is 2.82. The van der Waals surface area contributed by atoms with Gasteiger partial charge in [0, 0.05) is 24.3 Å². The number of carbonyl (C=O) groups excluding carboxylic acids is 1. The second-order valence-electron chi connectivity index (χ2n) is 7.22. The van der Waals surface area contributed by atoms with Crippen LogP contribution in [0.15, 0.2) is 84.2 Å². The molecule has 0 saturated heterocycles. The van der Waals surface area contributed by atoms with Crippen LogP contribution >= 0.6 is 0 Å². The molecule has 1 atom stereocenters. The van der Waals surface area contributed by atoms with E-state index in [2.05, 4.69) is 11.9 Å². The number of hydrogen-bond donors (Lipinski definition) is 1. The van der Waals surface area contributed by atoms with Crippen molar-refractivity contribution >= 4 is 11.5 Å². The van der Waals surface area contributed by atoms with Gasteiger partial charge in [0.25, 0.3) is 0 Å². The molecule has 0 aliphatic rings. The highest BCUT2D eigenvalue weighted by atomic mass is 19.1. The summed E-state index contributed by atoms with van der Waals surface area (Å²) < 4.78 is 31.0. The van der Waals surface area contributed by atoms with E-state index in [-0.39, 0.29) is 11.7 Å². The maximum absolute atomic E-state index is 13.7. The minimum Gasteiger partial charge on any atom is -0.493 e. The van der Waals surface area contributed by atoms with Crippen LogP contribution in [0.4, 0.5) is 8.78 Å². The molecule has 1 N–H and O–H groups in total. The quantitative estimate of drug-likeness (QED) is 0.305. The summed E-state index contributed by atoms with van der Waals surface area (Å²) in [5.41, 5.74) is 4.28. The van der Waals surface area contributed by atoms with Gasteiger partial charge in [0.05, 0.1) is 6.61 Å². The molecule has 1 unspecified atom stereocenters. The number of allylic oxidation sites excluding steroid dienone is 11. The zero-order valence-corrected chi connectivity index (χ0v) is 20.8. The fraction of sp³-hybridized carbons (Fsp3) is 0.321. The van der Waals surface area contributed by atoms with Gasteiger partial charge in [-0.05, 0) is 82.5 Å². The molecule has 1 rings (SSSR count). The molecule has 0 radical (unpaired) electrons. The molecule has 33 heavy (non-hydrogen) atoms. The minimum absolute atomic E-state index is 0.132. The van der Waals surface area contributed by atoms with E-state index in [1.54, 1.807) is 25.1 Å². The Kier molecular flexibility index (Phi) is 14.8. The summed E-state index contributed by atoms with van der Waals surface area (Å²) in [6, 6.07) is 4.53. The second kappa shape index (κ2) is 16.4. The van der Waals surface area contributed by atoms with Gasteiger partial charge >= 0.3 is 0 Å². The lowest BCUT2D eigenvalue weighted by atomic mass is 9.95. The van der Waals surface area contributed by atoms with Gasteiger partial charge in [-0.2, -0.15) is 0 Å². The number of ether oxygens (including phenoxy) is 1. The third kappa shape index (κ3) is 12.4. The molecular formula is C28H37F2NO2. The lowest BCUT2D eigenvalue weighted by Gasteiger charge is -2.15. The number of amides is 1. The molecule has 0 aromatic heterocycles. The van der Waals surface area contributed by atoms with Crippen molar-refractivity contribution in [2.75, 3.05) is 6.61 Å². The molecule has 0 aliphatic carbocycles. The monoisotopic (exact) mass is 457 g/mol. The predicted molar refractivity (Wildman–Crippen MR) is 136 cm³/mol. The third-order valence-electron chi connectivity index (χ3n) is 4.23. The number of carbonyl (C=O) groups is 1. The summed E-state index contributed by atoms with van der Waals surface area (Å²) >= 11 is 0. The summed E-state index contributed by atoms with van der Waals surface area (Å²) in [7, 11) is 0. The van der Waals surface area contributed by atoms with Gasteiger partial charge < -0.3 is 10.1 Å². The highest BCUT2D eigenvalue weighted by Gasteiger charge is 2.12. The first-order chi connectivity index (χ1) is 15.6. The largest absolute Gasteiger partial charge is 0.493 e. The Hall–Kier alpha value is -3.21. The Bertz CT molecular complexity index is 935. The average Bonchev–Trinajstić information content (AvgIpc) is 2.72. The Morgan fingerprint density at radius 1 is 1.21 bits per heavy atom.